The van der Waals surface area contributed by atoms with Crippen LogP contribution in [0.3, 0.4) is 0 Å². The van der Waals surface area contributed by atoms with Crippen molar-refractivity contribution in [1.82, 2.24) is 0 Å². The first-order valence-electron chi connectivity index (χ1n) is 7.76. The molecule has 0 aliphatic heterocycles. The standard InChI is InChI=1S/C17H14Cl2N2O5S/c1-16(10-17(16,18)19)15(22)20-11-2-6-13(7-3-11)27(25,26)14-8-4-12(5-9-14)21(23)24/h2-9H,10H2,1H3,(H,20,22). The van der Waals surface area contributed by atoms with Gasteiger partial charge in [-0.3, -0.25) is 14.9 Å². The van der Waals surface area contributed by atoms with Crippen LogP contribution in [0.15, 0.2) is 58.3 Å². The predicted octanol–water partition coefficient (Wildman–Crippen LogP) is 3.95. The maximum absolute atomic E-state index is 12.6. The van der Waals surface area contributed by atoms with Crippen LogP contribution in [0.5, 0.6) is 0 Å². The van der Waals surface area contributed by atoms with Crippen molar-refractivity contribution in [3.05, 3.63) is 58.6 Å². The van der Waals surface area contributed by atoms with Crippen LogP contribution in [0.2, 0.25) is 0 Å². The van der Waals surface area contributed by atoms with Gasteiger partial charge in [0.25, 0.3) is 5.69 Å². The Balaban J connectivity index is 1.78. The Labute approximate surface area is 165 Å². The molecule has 1 fully saturated rings. The van der Waals surface area contributed by atoms with Crippen molar-refractivity contribution in [1.29, 1.82) is 0 Å². The highest BCUT2D eigenvalue weighted by Crippen LogP contribution is 2.64. The number of hydrogen-bond donors (Lipinski definition) is 1. The van der Waals surface area contributed by atoms with Gasteiger partial charge < -0.3 is 5.32 Å². The molecule has 1 unspecified atom stereocenters. The van der Waals surface area contributed by atoms with E-state index in [1.807, 2.05) is 0 Å². The number of sulfone groups is 1. The molecule has 0 bridgehead atoms. The molecule has 1 atom stereocenters. The third-order valence-electron chi connectivity index (χ3n) is 4.54. The monoisotopic (exact) mass is 428 g/mol. The summed E-state index contributed by atoms with van der Waals surface area (Å²) >= 11 is 12.0. The first kappa shape index (κ1) is 19.6. The summed E-state index contributed by atoms with van der Waals surface area (Å²) in [5.74, 6) is -0.349. The molecule has 1 amide bonds. The summed E-state index contributed by atoms with van der Waals surface area (Å²) in [4.78, 5) is 22.3. The average Bonchev–Trinajstić information content (AvgIpc) is 3.15. The molecule has 0 saturated heterocycles. The van der Waals surface area contributed by atoms with E-state index in [-0.39, 0.29) is 21.4 Å². The van der Waals surface area contributed by atoms with Crippen LogP contribution in [0.1, 0.15) is 13.3 Å². The Morgan fingerprint density at radius 2 is 1.52 bits per heavy atom. The van der Waals surface area contributed by atoms with Gasteiger partial charge in [0.1, 0.15) is 4.33 Å². The maximum Gasteiger partial charge on any atom is 0.269 e. The lowest BCUT2D eigenvalue weighted by molar-refractivity contribution is -0.384. The fourth-order valence-corrected chi connectivity index (χ4v) is 4.48. The molecule has 7 nitrogen and oxygen atoms in total. The van der Waals surface area contributed by atoms with E-state index in [0.29, 0.717) is 12.1 Å². The van der Waals surface area contributed by atoms with E-state index in [9.17, 15) is 23.3 Å². The molecule has 2 aromatic rings. The second-order valence-corrected chi connectivity index (χ2v) is 9.88. The summed E-state index contributed by atoms with van der Waals surface area (Å²) in [7, 11) is -3.84. The quantitative estimate of drug-likeness (QED) is 0.440. The highest BCUT2D eigenvalue weighted by Gasteiger charge is 2.67. The van der Waals surface area contributed by atoms with Gasteiger partial charge in [-0.15, -0.1) is 23.2 Å². The average molecular weight is 429 g/mol. The minimum Gasteiger partial charge on any atom is -0.326 e. The number of nitro benzene ring substituents is 1. The summed E-state index contributed by atoms with van der Waals surface area (Å²) < 4.78 is 24.1. The SMILES string of the molecule is CC1(C(=O)Nc2ccc(S(=O)(=O)c3ccc([N+](=O)[O-])cc3)cc2)CC1(Cl)Cl. The number of nitrogens with zero attached hydrogens (tertiary/aromatic N) is 1. The lowest BCUT2D eigenvalue weighted by Gasteiger charge is -2.13. The smallest absolute Gasteiger partial charge is 0.269 e. The summed E-state index contributed by atoms with van der Waals surface area (Å²) in [6.45, 7) is 1.65. The van der Waals surface area contributed by atoms with Crippen molar-refractivity contribution in [3.8, 4) is 0 Å². The molecule has 0 aromatic heterocycles. The molecule has 0 heterocycles. The van der Waals surface area contributed by atoms with Crippen LogP contribution in [-0.2, 0) is 14.6 Å². The van der Waals surface area contributed by atoms with E-state index in [0.717, 1.165) is 12.1 Å². The first-order valence-corrected chi connectivity index (χ1v) is 10.0. The highest BCUT2D eigenvalue weighted by molar-refractivity contribution is 7.91. The van der Waals surface area contributed by atoms with Gasteiger partial charge in [0.2, 0.25) is 15.7 Å². The molecule has 0 spiro atoms. The number of rotatable bonds is 5. The molecule has 1 N–H and O–H groups in total. The number of benzene rings is 2. The summed E-state index contributed by atoms with van der Waals surface area (Å²) in [5.41, 5.74) is -0.685. The number of hydrogen-bond acceptors (Lipinski definition) is 5. The summed E-state index contributed by atoms with van der Waals surface area (Å²) in [6.07, 6.45) is 0.335. The fraction of sp³-hybridized carbons (Fsp3) is 0.235. The van der Waals surface area contributed by atoms with E-state index in [4.69, 9.17) is 23.2 Å². The molecule has 27 heavy (non-hydrogen) atoms. The van der Waals surface area contributed by atoms with Crippen molar-refractivity contribution < 1.29 is 18.1 Å². The first-order chi connectivity index (χ1) is 12.5. The van der Waals surface area contributed by atoms with Crippen LogP contribution < -0.4 is 5.32 Å². The Kier molecular flexibility index (Phi) is 4.70. The summed E-state index contributed by atoms with van der Waals surface area (Å²) in [6, 6.07) is 10.2. The van der Waals surface area contributed by atoms with Crippen molar-refractivity contribution in [2.75, 3.05) is 5.32 Å². The zero-order valence-corrected chi connectivity index (χ0v) is 16.3. The van der Waals surface area contributed by atoms with Crippen LogP contribution in [0, 0.1) is 15.5 Å². The Morgan fingerprint density at radius 3 is 1.93 bits per heavy atom. The molecule has 10 heteroatoms. The Bertz CT molecular complexity index is 1020. The second-order valence-electron chi connectivity index (χ2n) is 6.45. The van der Waals surface area contributed by atoms with Crippen LogP contribution in [0.4, 0.5) is 11.4 Å². The van der Waals surface area contributed by atoms with Gasteiger partial charge in [-0.1, -0.05) is 0 Å². The Hall–Kier alpha value is -2.16. The van der Waals surface area contributed by atoms with Gasteiger partial charge in [-0.25, -0.2) is 8.42 Å². The number of anilines is 1. The molecule has 1 saturated carbocycles. The number of nitrogens with one attached hydrogen (secondary N) is 1. The van der Waals surface area contributed by atoms with E-state index >= 15 is 0 Å². The lowest BCUT2D eigenvalue weighted by atomic mass is 10.1. The summed E-state index contributed by atoms with van der Waals surface area (Å²) in [5, 5.41) is 13.3. The molecule has 1 aliphatic carbocycles. The Morgan fingerprint density at radius 1 is 1.07 bits per heavy atom. The number of carbonyl (C=O) groups is 1. The number of carbonyl (C=O) groups excluding carboxylic acids is 1. The largest absolute Gasteiger partial charge is 0.326 e. The number of halogens is 2. The van der Waals surface area contributed by atoms with Crippen LogP contribution in [0.25, 0.3) is 0 Å². The third-order valence-corrected chi connectivity index (χ3v) is 7.43. The minimum atomic E-state index is -3.84. The topological polar surface area (TPSA) is 106 Å². The van der Waals surface area contributed by atoms with Gasteiger partial charge in [0.05, 0.1) is 20.1 Å². The number of nitro groups is 1. The van der Waals surface area contributed by atoms with Crippen molar-refractivity contribution in [2.45, 2.75) is 27.5 Å². The van der Waals surface area contributed by atoms with Crippen molar-refractivity contribution in [2.24, 2.45) is 5.41 Å². The predicted molar refractivity (Wildman–Crippen MR) is 101 cm³/mol. The van der Waals surface area contributed by atoms with Gasteiger partial charge in [-0.05, 0) is 49.7 Å². The normalized spacial score (nSPS) is 20.7. The molecular weight excluding hydrogens is 415 g/mol. The van der Waals surface area contributed by atoms with Crippen LogP contribution in [-0.4, -0.2) is 23.6 Å². The molecule has 142 valence electrons. The van der Waals surface area contributed by atoms with Crippen molar-refractivity contribution in [3.63, 3.8) is 0 Å². The highest BCUT2D eigenvalue weighted by atomic mass is 35.5. The zero-order valence-electron chi connectivity index (χ0n) is 14.0. The van der Waals surface area contributed by atoms with Gasteiger partial charge >= 0.3 is 0 Å². The van der Waals surface area contributed by atoms with E-state index < -0.39 is 24.5 Å². The van der Waals surface area contributed by atoms with Gasteiger partial charge in [-0.2, -0.15) is 0 Å². The van der Waals surface area contributed by atoms with Gasteiger partial charge in [0, 0.05) is 17.8 Å². The second kappa shape index (κ2) is 6.47. The molecule has 0 radical (unpaired) electrons. The van der Waals surface area contributed by atoms with E-state index in [1.165, 1.54) is 36.4 Å². The van der Waals surface area contributed by atoms with Crippen molar-refractivity contribution >= 4 is 50.3 Å². The van der Waals surface area contributed by atoms with E-state index in [2.05, 4.69) is 5.32 Å². The van der Waals surface area contributed by atoms with Gasteiger partial charge in [0.15, 0.2) is 0 Å². The lowest BCUT2D eigenvalue weighted by Crippen LogP contribution is -2.25. The molecule has 2 aromatic carbocycles. The van der Waals surface area contributed by atoms with Crippen LogP contribution >= 0.6 is 23.2 Å². The fourth-order valence-electron chi connectivity index (χ4n) is 2.52. The number of amides is 1. The maximum atomic E-state index is 12.6. The molecule has 1 aliphatic rings. The number of alkyl halides is 2. The van der Waals surface area contributed by atoms with E-state index in [1.54, 1.807) is 6.92 Å². The molecular formula is C17H14Cl2N2O5S. The molecule has 3 rings (SSSR count). The zero-order chi connectivity index (χ0) is 20.0. The third kappa shape index (κ3) is 3.52. The number of non-ortho nitro benzene ring substituents is 1. The minimum absolute atomic E-state index is 0.00369.